The Kier molecular flexibility index (Phi) is 6.44. The molecule has 0 aromatic heterocycles. The van der Waals surface area contributed by atoms with Gasteiger partial charge in [-0.15, -0.1) is 0 Å². The minimum absolute atomic E-state index is 0.00271. The predicted octanol–water partition coefficient (Wildman–Crippen LogP) is 2.89. The molecule has 5 heteroatoms. The van der Waals surface area contributed by atoms with Gasteiger partial charge < -0.3 is 20.5 Å². The lowest BCUT2D eigenvalue weighted by Gasteiger charge is -2.15. The number of para-hydroxylation sites is 1. The average molecular weight is 314 g/mol. The van der Waals surface area contributed by atoms with Gasteiger partial charge in [0.2, 0.25) is 5.91 Å². The summed E-state index contributed by atoms with van der Waals surface area (Å²) < 4.78 is 5.30. The molecule has 0 fully saturated rings. The van der Waals surface area contributed by atoms with Crippen LogP contribution >= 0.6 is 0 Å². The summed E-state index contributed by atoms with van der Waals surface area (Å²) in [5, 5.41) is 14.9. The molecule has 0 spiro atoms. The largest absolute Gasteiger partial charge is 0.491 e. The highest BCUT2D eigenvalue weighted by Gasteiger charge is 2.09. The van der Waals surface area contributed by atoms with Crippen molar-refractivity contribution in [3.8, 4) is 5.75 Å². The highest BCUT2D eigenvalue weighted by Crippen LogP contribution is 2.17. The second kappa shape index (κ2) is 8.80. The minimum Gasteiger partial charge on any atom is -0.491 e. The lowest BCUT2D eigenvalue weighted by atomic mass is 10.2. The minimum atomic E-state index is -0.0286. The summed E-state index contributed by atoms with van der Waals surface area (Å²) in [5.74, 6) is 0.679. The molecule has 1 atom stereocenters. The van der Waals surface area contributed by atoms with Gasteiger partial charge in [0.1, 0.15) is 12.4 Å². The molecule has 2 aromatic rings. The molecule has 2 rings (SSSR count). The summed E-state index contributed by atoms with van der Waals surface area (Å²) in [6.45, 7) is 2.23. The number of aliphatic hydroxyl groups excluding tert-OH is 1. The molecule has 0 radical (unpaired) electrons. The van der Waals surface area contributed by atoms with Crippen LogP contribution in [-0.2, 0) is 4.79 Å². The molecule has 1 unspecified atom stereocenters. The Morgan fingerprint density at radius 1 is 1.09 bits per heavy atom. The van der Waals surface area contributed by atoms with Gasteiger partial charge in [-0.3, -0.25) is 4.79 Å². The lowest BCUT2D eigenvalue weighted by molar-refractivity contribution is -0.116. The Balaban J connectivity index is 1.79. The molecule has 0 heterocycles. The Morgan fingerprint density at radius 3 is 2.43 bits per heavy atom. The zero-order valence-electron chi connectivity index (χ0n) is 13.2. The van der Waals surface area contributed by atoms with E-state index in [9.17, 15) is 4.79 Å². The molecule has 122 valence electrons. The van der Waals surface area contributed by atoms with Gasteiger partial charge in [-0.1, -0.05) is 18.2 Å². The molecule has 23 heavy (non-hydrogen) atoms. The second-order valence-electron chi connectivity index (χ2n) is 5.26. The standard InChI is InChI=1S/C18H22N2O3/c1-14(13-18(22)20-15-5-3-2-4-6-15)19-16-7-9-17(10-8-16)23-12-11-21/h2-10,14,19,21H,11-13H2,1H3,(H,20,22). The summed E-state index contributed by atoms with van der Waals surface area (Å²) in [7, 11) is 0. The summed E-state index contributed by atoms with van der Waals surface area (Å²) in [6, 6.07) is 16.8. The lowest BCUT2D eigenvalue weighted by Crippen LogP contribution is -2.23. The van der Waals surface area contributed by atoms with Crippen molar-refractivity contribution in [2.24, 2.45) is 0 Å². The number of hydrogen-bond donors (Lipinski definition) is 3. The van der Waals surface area contributed by atoms with Gasteiger partial charge in [-0.2, -0.15) is 0 Å². The zero-order chi connectivity index (χ0) is 16.5. The van der Waals surface area contributed by atoms with Crippen LogP contribution in [0.25, 0.3) is 0 Å². The van der Waals surface area contributed by atoms with Gasteiger partial charge in [0, 0.05) is 23.8 Å². The number of amides is 1. The van der Waals surface area contributed by atoms with E-state index in [1.54, 1.807) is 0 Å². The van der Waals surface area contributed by atoms with Crippen molar-refractivity contribution in [1.29, 1.82) is 0 Å². The number of hydrogen-bond acceptors (Lipinski definition) is 4. The van der Waals surface area contributed by atoms with E-state index in [2.05, 4.69) is 10.6 Å². The Bertz CT molecular complexity index is 599. The van der Waals surface area contributed by atoms with E-state index < -0.39 is 0 Å². The van der Waals surface area contributed by atoms with Gasteiger partial charge in [0.05, 0.1) is 6.61 Å². The number of ether oxygens (including phenoxy) is 1. The van der Waals surface area contributed by atoms with E-state index in [4.69, 9.17) is 9.84 Å². The molecular weight excluding hydrogens is 292 g/mol. The molecule has 0 bridgehead atoms. The number of carbonyl (C=O) groups excluding carboxylic acids is 1. The summed E-state index contributed by atoms with van der Waals surface area (Å²) in [6.07, 6.45) is 0.373. The molecule has 0 saturated heterocycles. The molecular formula is C18H22N2O3. The van der Waals surface area contributed by atoms with Crippen LogP contribution < -0.4 is 15.4 Å². The molecule has 0 aliphatic carbocycles. The van der Waals surface area contributed by atoms with Crippen molar-refractivity contribution in [3.05, 3.63) is 54.6 Å². The first-order valence-corrected chi connectivity index (χ1v) is 7.62. The van der Waals surface area contributed by atoms with Crippen molar-refractivity contribution < 1.29 is 14.6 Å². The van der Waals surface area contributed by atoms with E-state index in [0.29, 0.717) is 12.2 Å². The monoisotopic (exact) mass is 314 g/mol. The first-order chi connectivity index (χ1) is 11.2. The van der Waals surface area contributed by atoms with Crippen LogP contribution in [-0.4, -0.2) is 30.3 Å². The van der Waals surface area contributed by atoms with Crippen molar-refractivity contribution in [3.63, 3.8) is 0 Å². The van der Waals surface area contributed by atoms with E-state index in [1.807, 2.05) is 61.5 Å². The van der Waals surface area contributed by atoms with Crippen LogP contribution in [0.4, 0.5) is 11.4 Å². The molecule has 3 N–H and O–H groups in total. The highest BCUT2D eigenvalue weighted by atomic mass is 16.5. The average Bonchev–Trinajstić information content (AvgIpc) is 2.55. The molecule has 0 saturated carbocycles. The first kappa shape index (κ1) is 16.8. The Hall–Kier alpha value is -2.53. The van der Waals surface area contributed by atoms with Crippen molar-refractivity contribution in [2.75, 3.05) is 23.8 Å². The van der Waals surface area contributed by atoms with Crippen LogP contribution in [0.3, 0.4) is 0 Å². The maximum absolute atomic E-state index is 12.0. The number of carbonyl (C=O) groups is 1. The normalized spacial score (nSPS) is 11.6. The summed E-state index contributed by atoms with van der Waals surface area (Å²) in [5.41, 5.74) is 1.72. The van der Waals surface area contributed by atoms with E-state index in [-0.39, 0.29) is 25.2 Å². The fourth-order valence-corrected chi connectivity index (χ4v) is 2.16. The Morgan fingerprint density at radius 2 is 1.78 bits per heavy atom. The van der Waals surface area contributed by atoms with Crippen LogP contribution in [0, 0.1) is 0 Å². The van der Waals surface area contributed by atoms with Crippen molar-refractivity contribution >= 4 is 17.3 Å². The van der Waals surface area contributed by atoms with Crippen molar-refractivity contribution in [2.45, 2.75) is 19.4 Å². The molecule has 1 amide bonds. The second-order valence-corrected chi connectivity index (χ2v) is 5.26. The van der Waals surface area contributed by atoms with E-state index in [0.717, 1.165) is 11.4 Å². The predicted molar refractivity (Wildman–Crippen MR) is 91.8 cm³/mol. The van der Waals surface area contributed by atoms with Crippen LogP contribution in [0.15, 0.2) is 54.6 Å². The molecule has 2 aromatic carbocycles. The van der Waals surface area contributed by atoms with Crippen LogP contribution in [0.2, 0.25) is 0 Å². The van der Waals surface area contributed by atoms with Crippen molar-refractivity contribution in [1.82, 2.24) is 0 Å². The maximum Gasteiger partial charge on any atom is 0.226 e. The molecule has 5 nitrogen and oxygen atoms in total. The van der Waals surface area contributed by atoms with Gasteiger partial charge in [0.15, 0.2) is 0 Å². The smallest absolute Gasteiger partial charge is 0.226 e. The number of rotatable bonds is 8. The van der Waals surface area contributed by atoms with Crippen LogP contribution in [0.5, 0.6) is 5.75 Å². The third-order valence-corrected chi connectivity index (χ3v) is 3.18. The van der Waals surface area contributed by atoms with Gasteiger partial charge in [0.25, 0.3) is 0 Å². The van der Waals surface area contributed by atoms with E-state index >= 15 is 0 Å². The van der Waals surface area contributed by atoms with Gasteiger partial charge >= 0.3 is 0 Å². The first-order valence-electron chi connectivity index (χ1n) is 7.62. The van der Waals surface area contributed by atoms with E-state index in [1.165, 1.54) is 0 Å². The fraction of sp³-hybridized carbons (Fsp3) is 0.278. The van der Waals surface area contributed by atoms with Gasteiger partial charge in [-0.05, 0) is 43.3 Å². The number of benzene rings is 2. The molecule has 0 aliphatic rings. The van der Waals surface area contributed by atoms with Crippen LogP contribution in [0.1, 0.15) is 13.3 Å². The molecule has 0 aliphatic heterocycles. The highest BCUT2D eigenvalue weighted by molar-refractivity contribution is 5.91. The maximum atomic E-state index is 12.0. The number of aliphatic hydroxyl groups is 1. The van der Waals surface area contributed by atoms with Gasteiger partial charge in [-0.25, -0.2) is 0 Å². The summed E-state index contributed by atoms with van der Waals surface area (Å²) in [4.78, 5) is 12.0. The number of nitrogens with one attached hydrogen (secondary N) is 2. The SMILES string of the molecule is CC(CC(=O)Nc1ccccc1)Nc1ccc(OCCO)cc1. The topological polar surface area (TPSA) is 70.6 Å². The fourth-order valence-electron chi connectivity index (χ4n) is 2.16. The summed E-state index contributed by atoms with van der Waals surface area (Å²) >= 11 is 0. The quantitative estimate of drug-likeness (QED) is 0.701. The zero-order valence-corrected chi connectivity index (χ0v) is 13.2. The number of anilines is 2. The third-order valence-electron chi connectivity index (χ3n) is 3.18. The Labute approximate surface area is 136 Å². The third kappa shape index (κ3) is 6.00.